The van der Waals surface area contributed by atoms with E-state index in [1.165, 1.54) is 37.7 Å². The number of aliphatic imine (C=N–C) groups is 1. The third-order valence-electron chi connectivity index (χ3n) is 4.64. The van der Waals surface area contributed by atoms with Crippen molar-refractivity contribution in [3.8, 4) is 0 Å². The van der Waals surface area contributed by atoms with Crippen molar-refractivity contribution in [2.45, 2.75) is 45.6 Å². The van der Waals surface area contributed by atoms with Crippen LogP contribution in [0.1, 0.15) is 44.6 Å². The molecule has 2 fully saturated rings. The van der Waals surface area contributed by atoms with Crippen LogP contribution in [-0.2, 0) is 6.54 Å². The van der Waals surface area contributed by atoms with E-state index in [4.69, 9.17) is 4.99 Å². The van der Waals surface area contributed by atoms with Crippen LogP contribution in [0.4, 0.5) is 5.82 Å². The van der Waals surface area contributed by atoms with Crippen LogP contribution in [0.15, 0.2) is 23.3 Å². The predicted octanol–water partition coefficient (Wildman–Crippen LogP) is 2.63. The first-order chi connectivity index (χ1) is 11.4. The largest absolute Gasteiger partial charge is 0.357 e. The van der Waals surface area contributed by atoms with E-state index in [-0.39, 0.29) is 0 Å². The maximum atomic E-state index is 4.84. The molecule has 1 N–H and O–H groups in total. The van der Waals surface area contributed by atoms with Gasteiger partial charge in [-0.25, -0.2) is 9.98 Å². The van der Waals surface area contributed by atoms with E-state index < -0.39 is 0 Å². The lowest BCUT2D eigenvalue weighted by atomic mass is 10.1. The molecule has 2 aliphatic rings. The van der Waals surface area contributed by atoms with Crippen molar-refractivity contribution in [1.29, 1.82) is 0 Å². The van der Waals surface area contributed by atoms with Crippen molar-refractivity contribution in [2.24, 2.45) is 4.99 Å². The molecule has 23 heavy (non-hydrogen) atoms. The van der Waals surface area contributed by atoms with Crippen molar-refractivity contribution in [3.05, 3.63) is 23.9 Å². The van der Waals surface area contributed by atoms with Gasteiger partial charge in [-0.05, 0) is 56.7 Å². The lowest BCUT2D eigenvalue weighted by Crippen LogP contribution is -2.39. The van der Waals surface area contributed by atoms with Gasteiger partial charge in [0.15, 0.2) is 5.96 Å². The average Bonchev–Trinajstić information content (AvgIpc) is 3.14. The minimum Gasteiger partial charge on any atom is -0.357 e. The number of guanidine groups is 1. The topological polar surface area (TPSA) is 43.8 Å². The lowest BCUT2D eigenvalue weighted by molar-refractivity contribution is 0.493. The van der Waals surface area contributed by atoms with Crippen LogP contribution in [0.3, 0.4) is 0 Å². The Balaban J connectivity index is 1.67. The Morgan fingerprint density at radius 3 is 2.61 bits per heavy atom. The average molecular weight is 315 g/mol. The Hall–Kier alpha value is -1.78. The maximum absolute atomic E-state index is 4.84. The molecule has 1 aromatic rings. The molecule has 2 aliphatic heterocycles. The summed E-state index contributed by atoms with van der Waals surface area (Å²) in [7, 11) is 0. The van der Waals surface area contributed by atoms with Gasteiger partial charge in [0.25, 0.3) is 0 Å². The van der Waals surface area contributed by atoms with Crippen molar-refractivity contribution in [3.63, 3.8) is 0 Å². The molecule has 126 valence electrons. The predicted molar refractivity (Wildman–Crippen MR) is 95.9 cm³/mol. The minimum absolute atomic E-state index is 0.724. The molecule has 3 heterocycles. The number of piperidine rings is 1. The molecule has 0 amide bonds. The van der Waals surface area contributed by atoms with E-state index in [1.807, 2.05) is 6.20 Å². The second kappa shape index (κ2) is 8.18. The summed E-state index contributed by atoms with van der Waals surface area (Å²) in [5.74, 6) is 2.17. The Kier molecular flexibility index (Phi) is 5.72. The molecule has 2 saturated heterocycles. The number of pyridine rings is 1. The van der Waals surface area contributed by atoms with E-state index in [9.17, 15) is 0 Å². The van der Waals surface area contributed by atoms with E-state index in [2.05, 4.69) is 39.2 Å². The normalized spacial score (nSPS) is 19.3. The third kappa shape index (κ3) is 4.36. The molecule has 3 rings (SSSR count). The van der Waals surface area contributed by atoms with Crippen LogP contribution >= 0.6 is 0 Å². The Labute approximate surface area is 139 Å². The van der Waals surface area contributed by atoms with Crippen LogP contribution in [0.2, 0.25) is 0 Å². The van der Waals surface area contributed by atoms with E-state index in [0.717, 1.165) is 51.0 Å². The van der Waals surface area contributed by atoms with E-state index in [1.54, 1.807) is 0 Å². The minimum atomic E-state index is 0.724. The van der Waals surface area contributed by atoms with Gasteiger partial charge in [-0.3, -0.25) is 0 Å². The third-order valence-corrected chi connectivity index (χ3v) is 4.64. The van der Waals surface area contributed by atoms with Gasteiger partial charge < -0.3 is 15.1 Å². The summed E-state index contributed by atoms with van der Waals surface area (Å²) in [4.78, 5) is 14.2. The highest BCUT2D eigenvalue weighted by atomic mass is 15.3. The summed E-state index contributed by atoms with van der Waals surface area (Å²) >= 11 is 0. The molecule has 0 saturated carbocycles. The highest BCUT2D eigenvalue weighted by molar-refractivity contribution is 5.80. The Bertz CT molecular complexity index is 516. The number of likely N-dealkylation sites (tertiary alicyclic amines) is 1. The maximum Gasteiger partial charge on any atom is 0.194 e. The summed E-state index contributed by atoms with van der Waals surface area (Å²) in [5, 5.41) is 3.42. The Morgan fingerprint density at radius 2 is 1.87 bits per heavy atom. The smallest absolute Gasteiger partial charge is 0.194 e. The molecule has 0 radical (unpaired) electrons. The fourth-order valence-corrected chi connectivity index (χ4v) is 3.38. The van der Waals surface area contributed by atoms with Gasteiger partial charge in [0.05, 0.1) is 6.54 Å². The summed E-state index contributed by atoms with van der Waals surface area (Å²) < 4.78 is 0. The summed E-state index contributed by atoms with van der Waals surface area (Å²) in [5.41, 5.74) is 1.25. The number of hydrogen-bond donors (Lipinski definition) is 1. The molecule has 0 aromatic carbocycles. The first-order valence-electron chi connectivity index (χ1n) is 9.10. The zero-order valence-electron chi connectivity index (χ0n) is 14.3. The molecule has 0 unspecified atom stereocenters. The van der Waals surface area contributed by atoms with Crippen LogP contribution in [0, 0.1) is 0 Å². The van der Waals surface area contributed by atoms with Crippen LogP contribution in [0.25, 0.3) is 0 Å². The quantitative estimate of drug-likeness (QED) is 0.685. The van der Waals surface area contributed by atoms with Gasteiger partial charge in [0, 0.05) is 38.9 Å². The van der Waals surface area contributed by atoms with Gasteiger partial charge in [0.2, 0.25) is 0 Å². The SMILES string of the molecule is CCNC(=NCc1ccnc(N2CCCCC2)c1)N1CCCC1. The molecular weight excluding hydrogens is 286 g/mol. The van der Waals surface area contributed by atoms with Crippen molar-refractivity contribution < 1.29 is 0 Å². The van der Waals surface area contributed by atoms with Gasteiger partial charge in [-0.1, -0.05) is 0 Å². The second-order valence-corrected chi connectivity index (χ2v) is 6.43. The van der Waals surface area contributed by atoms with Crippen LogP contribution < -0.4 is 10.2 Å². The molecule has 0 bridgehead atoms. The fraction of sp³-hybridized carbons (Fsp3) is 0.667. The number of aromatic nitrogens is 1. The zero-order valence-corrected chi connectivity index (χ0v) is 14.3. The van der Waals surface area contributed by atoms with E-state index >= 15 is 0 Å². The molecular formula is C18H29N5. The molecule has 0 atom stereocenters. The standard InChI is InChI=1S/C18H29N5/c1-2-19-18(23-12-6-7-13-23)21-15-16-8-9-20-17(14-16)22-10-4-3-5-11-22/h8-9,14H,2-7,10-13,15H2,1H3,(H,19,21). The highest BCUT2D eigenvalue weighted by Gasteiger charge is 2.16. The van der Waals surface area contributed by atoms with Gasteiger partial charge in [-0.15, -0.1) is 0 Å². The fourth-order valence-electron chi connectivity index (χ4n) is 3.38. The molecule has 0 aliphatic carbocycles. The molecule has 0 spiro atoms. The summed E-state index contributed by atoms with van der Waals surface area (Å²) in [6.45, 7) is 8.30. The molecule has 5 heteroatoms. The van der Waals surface area contributed by atoms with Crippen molar-refractivity contribution >= 4 is 11.8 Å². The lowest BCUT2D eigenvalue weighted by Gasteiger charge is -2.27. The number of nitrogens with one attached hydrogen (secondary N) is 1. The number of anilines is 1. The Morgan fingerprint density at radius 1 is 1.13 bits per heavy atom. The van der Waals surface area contributed by atoms with Gasteiger partial charge in [-0.2, -0.15) is 0 Å². The van der Waals surface area contributed by atoms with E-state index in [0.29, 0.717) is 0 Å². The molecule has 5 nitrogen and oxygen atoms in total. The van der Waals surface area contributed by atoms with Gasteiger partial charge >= 0.3 is 0 Å². The number of nitrogens with zero attached hydrogens (tertiary/aromatic N) is 4. The highest BCUT2D eigenvalue weighted by Crippen LogP contribution is 2.19. The van der Waals surface area contributed by atoms with Crippen LogP contribution in [0.5, 0.6) is 0 Å². The number of hydrogen-bond acceptors (Lipinski definition) is 3. The van der Waals surface area contributed by atoms with Crippen molar-refractivity contribution in [1.82, 2.24) is 15.2 Å². The monoisotopic (exact) mass is 315 g/mol. The first kappa shape index (κ1) is 16.1. The molecule has 1 aromatic heterocycles. The second-order valence-electron chi connectivity index (χ2n) is 6.43. The van der Waals surface area contributed by atoms with Gasteiger partial charge in [0.1, 0.15) is 5.82 Å². The van der Waals surface area contributed by atoms with Crippen LogP contribution in [-0.4, -0.2) is 48.6 Å². The zero-order chi connectivity index (χ0) is 15.9. The summed E-state index contributed by atoms with van der Waals surface area (Å²) in [6, 6.07) is 4.30. The summed E-state index contributed by atoms with van der Waals surface area (Å²) in [6.07, 6.45) is 8.39. The van der Waals surface area contributed by atoms with Crippen molar-refractivity contribution in [2.75, 3.05) is 37.6 Å². The first-order valence-corrected chi connectivity index (χ1v) is 9.10. The number of rotatable bonds is 4.